The Labute approximate surface area is 185 Å². The third kappa shape index (κ3) is 6.39. The Morgan fingerprint density at radius 3 is 2.35 bits per heavy atom. The first-order valence-corrected chi connectivity index (χ1v) is 11.1. The molecule has 31 heavy (non-hydrogen) atoms. The van der Waals surface area contributed by atoms with E-state index < -0.39 is 0 Å². The van der Waals surface area contributed by atoms with E-state index in [0.717, 1.165) is 28.0 Å². The first kappa shape index (κ1) is 22.5. The average Bonchev–Trinajstić information content (AvgIpc) is 3.21. The normalized spacial score (nSPS) is 12.7. The molecule has 2 aromatic carbocycles. The van der Waals surface area contributed by atoms with Gasteiger partial charge in [-0.15, -0.1) is 0 Å². The van der Waals surface area contributed by atoms with E-state index in [9.17, 15) is 14.4 Å². The molecule has 0 aliphatic rings. The van der Waals surface area contributed by atoms with Gasteiger partial charge in [-0.3, -0.25) is 14.4 Å². The highest BCUT2D eigenvalue weighted by molar-refractivity contribution is 7.11. The van der Waals surface area contributed by atoms with Gasteiger partial charge in [-0.25, -0.2) is 0 Å². The number of H-pyrrole nitrogens is 1. The lowest BCUT2D eigenvalue weighted by Crippen LogP contribution is -2.38. The van der Waals surface area contributed by atoms with Crippen LogP contribution in [0.2, 0.25) is 0 Å². The quantitative estimate of drug-likeness (QED) is 0.494. The number of amides is 1. The van der Waals surface area contributed by atoms with Gasteiger partial charge in [0, 0.05) is 12.2 Å². The van der Waals surface area contributed by atoms with E-state index in [1.807, 2.05) is 30.3 Å². The molecule has 3 aromatic rings. The summed E-state index contributed by atoms with van der Waals surface area (Å²) in [5, 5.41) is 2.97. The molecular formula is C24H26N2O4S. The lowest BCUT2D eigenvalue weighted by atomic mass is 9.95. The van der Waals surface area contributed by atoms with E-state index in [-0.39, 0.29) is 28.7 Å². The maximum Gasteiger partial charge on any atom is 0.308 e. The highest BCUT2D eigenvalue weighted by Crippen LogP contribution is 2.21. The summed E-state index contributed by atoms with van der Waals surface area (Å²) in [6.45, 7) is 3.88. The molecule has 0 saturated carbocycles. The molecule has 3 rings (SSSR count). The molecule has 0 fully saturated rings. The van der Waals surface area contributed by atoms with Gasteiger partial charge in [-0.05, 0) is 36.5 Å². The van der Waals surface area contributed by atoms with Crippen LogP contribution in [0.5, 0.6) is 0 Å². The molecule has 0 aliphatic heterocycles. The van der Waals surface area contributed by atoms with Crippen LogP contribution in [-0.2, 0) is 16.0 Å². The number of hydrogen-bond acceptors (Lipinski definition) is 5. The number of carbonyl (C=O) groups is 2. The number of thiazole rings is 1. The molecule has 2 atom stereocenters. The molecule has 2 unspecified atom stereocenters. The molecule has 1 aromatic heterocycles. The summed E-state index contributed by atoms with van der Waals surface area (Å²) < 4.78 is 5.12. The van der Waals surface area contributed by atoms with Gasteiger partial charge in [0.15, 0.2) is 0 Å². The third-order valence-corrected chi connectivity index (χ3v) is 5.78. The van der Waals surface area contributed by atoms with E-state index in [1.165, 1.54) is 6.20 Å². The van der Waals surface area contributed by atoms with Crippen LogP contribution in [0.1, 0.15) is 35.5 Å². The van der Waals surface area contributed by atoms with Crippen molar-refractivity contribution in [1.82, 2.24) is 10.3 Å². The van der Waals surface area contributed by atoms with Crippen LogP contribution in [0.25, 0.3) is 11.1 Å². The van der Waals surface area contributed by atoms with Crippen LogP contribution < -0.4 is 10.2 Å². The van der Waals surface area contributed by atoms with E-state index >= 15 is 0 Å². The maximum absolute atomic E-state index is 12.6. The third-order valence-electron chi connectivity index (χ3n) is 4.95. The highest BCUT2D eigenvalue weighted by atomic mass is 32.1. The standard InChI is InChI=1S/C24H26N2O4S/c1-3-30-23(28)16(2)13-20(26-22(27)21-15-25-24(29)31-21)14-17-9-11-19(12-10-17)18-7-5-4-6-8-18/h4-12,15-16,20H,3,13-14H2,1-2H3,(H,25,29)(H,26,27). The van der Waals surface area contributed by atoms with Crippen LogP contribution in [0.3, 0.4) is 0 Å². The molecule has 2 N–H and O–H groups in total. The highest BCUT2D eigenvalue weighted by Gasteiger charge is 2.23. The van der Waals surface area contributed by atoms with E-state index in [0.29, 0.717) is 24.3 Å². The Bertz CT molecular complexity index is 1060. The summed E-state index contributed by atoms with van der Waals surface area (Å²) in [6.07, 6.45) is 2.40. The van der Waals surface area contributed by atoms with Crippen molar-refractivity contribution < 1.29 is 14.3 Å². The average molecular weight is 439 g/mol. The van der Waals surface area contributed by atoms with Gasteiger partial charge in [0.25, 0.3) is 5.91 Å². The molecule has 7 heteroatoms. The van der Waals surface area contributed by atoms with E-state index in [2.05, 4.69) is 34.6 Å². The zero-order valence-corrected chi connectivity index (χ0v) is 18.4. The minimum atomic E-state index is -0.362. The molecule has 0 aliphatic carbocycles. The Balaban J connectivity index is 1.74. The Morgan fingerprint density at radius 1 is 1.06 bits per heavy atom. The summed E-state index contributed by atoms with van der Waals surface area (Å²) in [5.41, 5.74) is 3.29. The molecule has 0 radical (unpaired) electrons. The van der Waals surface area contributed by atoms with Gasteiger partial charge in [-0.2, -0.15) is 0 Å². The number of aromatic amines is 1. The smallest absolute Gasteiger partial charge is 0.308 e. The molecular weight excluding hydrogens is 412 g/mol. The molecule has 0 bridgehead atoms. The van der Waals surface area contributed by atoms with Crippen LogP contribution in [0.15, 0.2) is 65.6 Å². The van der Waals surface area contributed by atoms with Crippen molar-refractivity contribution >= 4 is 23.2 Å². The van der Waals surface area contributed by atoms with Crippen molar-refractivity contribution in [2.75, 3.05) is 6.61 Å². The van der Waals surface area contributed by atoms with E-state index in [1.54, 1.807) is 13.8 Å². The molecule has 1 heterocycles. The molecule has 6 nitrogen and oxygen atoms in total. The van der Waals surface area contributed by atoms with Crippen molar-refractivity contribution in [3.05, 3.63) is 80.9 Å². The Kier molecular flexibility index (Phi) is 7.78. The summed E-state index contributed by atoms with van der Waals surface area (Å²) >= 11 is 0.862. The number of esters is 1. The number of ether oxygens (including phenoxy) is 1. The topological polar surface area (TPSA) is 88.3 Å². The van der Waals surface area contributed by atoms with Crippen LogP contribution >= 0.6 is 11.3 Å². The monoisotopic (exact) mass is 438 g/mol. The van der Waals surface area contributed by atoms with Crippen molar-refractivity contribution in [2.24, 2.45) is 5.92 Å². The van der Waals surface area contributed by atoms with Crippen molar-refractivity contribution in [3.63, 3.8) is 0 Å². The van der Waals surface area contributed by atoms with E-state index in [4.69, 9.17) is 4.74 Å². The van der Waals surface area contributed by atoms with Gasteiger partial charge < -0.3 is 15.0 Å². The summed E-state index contributed by atoms with van der Waals surface area (Å²) in [4.78, 5) is 38.6. The number of nitrogens with one attached hydrogen (secondary N) is 2. The maximum atomic E-state index is 12.6. The number of hydrogen-bond donors (Lipinski definition) is 2. The molecule has 0 spiro atoms. The predicted octanol–water partition coefficient (Wildman–Crippen LogP) is 4.03. The number of rotatable bonds is 9. The second-order valence-electron chi connectivity index (χ2n) is 7.37. The fourth-order valence-electron chi connectivity index (χ4n) is 3.40. The minimum Gasteiger partial charge on any atom is -0.466 e. The Hall–Kier alpha value is -3.19. The Morgan fingerprint density at radius 2 is 1.74 bits per heavy atom. The van der Waals surface area contributed by atoms with Gasteiger partial charge in [0.1, 0.15) is 4.88 Å². The zero-order valence-electron chi connectivity index (χ0n) is 17.6. The first-order chi connectivity index (χ1) is 15.0. The predicted molar refractivity (Wildman–Crippen MR) is 122 cm³/mol. The van der Waals surface area contributed by atoms with Gasteiger partial charge >= 0.3 is 10.8 Å². The van der Waals surface area contributed by atoms with Crippen molar-refractivity contribution in [3.8, 4) is 11.1 Å². The lowest BCUT2D eigenvalue weighted by molar-refractivity contribution is -0.147. The number of aromatic nitrogens is 1. The molecule has 162 valence electrons. The second-order valence-corrected chi connectivity index (χ2v) is 8.38. The van der Waals surface area contributed by atoms with Crippen molar-refractivity contribution in [2.45, 2.75) is 32.7 Å². The second kappa shape index (κ2) is 10.7. The van der Waals surface area contributed by atoms with Crippen molar-refractivity contribution in [1.29, 1.82) is 0 Å². The minimum absolute atomic E-state index is 0.280. The molecule has 1 amide bonds. The fourth-order valence-corrected chi connectivity index (χ4v) is 3.99. The lowest BCUT2D eigenvalue weighted by Gasteiger charge is -2.21. The van der Waals surface area contributed by atoms with Gasteiger partial charge in [0.2, 0.25) is 0 Å². The SMILES string of the molecule is CCOC(=O)C(C)CC(Cc1ccc(-c2ccccc2)cc1)NC(=O)c1c[nH]c(=O)s1. The molecule has 0 saturated heterocycles. The van der Waals surface area contributed by atoms with Crippen LogP contribution in [0, 0.1) is 5.92 Å². The van der Waals surface area contributed by atoms with Gasteiger partial charge in [-0.1, -0.05) is 72.9 Å². The number of carbonyl (C=O) groups excluding carboxylic acids is 2. The van der Waals surface area contributed by atoms with Crippen LogP contribution in [0.4, 0.5) is 0 Å². The summed E-state index contributed by atoms with van der Waals surface area (Å²) in [5.74, 6) is -0.975. The fraction of sp³-hybridized carbons (Fsp3) is 0.292. The summed E-state index contributed by atoms with van der Waals surface area (Å²) in [7, 11) is 0. The largest absolute Gasteiger partial charge is 0.466 e. The first-order valence-electron chi connectivity index (χ1n) is 10.3. The summed E-state index contributed by atoms with van der Waals surface area (Å²) in [6, 6.07) is 18.0. The van der Waals surface area contributed by atoms with Gasteiger partial charge in [0.05, 0.1) is 12.5 Å². The van der Waals surface area contributed by atoms with Crippen LogP contribution in [-0.4, -0.2) is 29.5 Å². The number of benzene rings is 2. The zero-order chi connectivity index (χ0) is 22.2.